The monoisotopic (exact) mass is 249 g/mol. The number of pyridine rings is 1. The van der Waals surface area contributed by atoms with Gasteiger partial charge in [0.05, 0.1) is 18.6 Å². The van der Waals surface area contributed by atoms with E-state index < -0.39 is 0 Å². The lowest BCUT2D eigenvalue weighted by molar-refractivity contribution is -0.125. The van der Waals surface area contributed by atoms with Crippen molar-refractivity contribution < 1.29 is 9.53 Å². The molecule has 0 aromatic carbocycles. The van der Waals surface area contributed by atoms with E-state index in [-0.39, 0.29) is 24.1 Å². The van der Waals surface area contributed by atoms with Crippen molar-refractivity contribution in [1.29, 1.82) is 0 Å². The second kappa shape index (κ2) is 5.93. The summed E-state index contributed by atoms with van der Waals surface area (Å²) in [7, 11) is 0. The fourth-order valence-corrected chi connectivity index (χ4v) is 2.15. The largest absolute Gasteiger partial charge is 0.376 e. The van der Waals surface area contributed by atoms with Crippen LogP contribution in [0.3, 0.4) is 0 Å². The van der Waals surface area contributed by atoms with E-state index >= 15 is 0 Å². The van der Waals surface area contributed by atoms with Crippen molar-refractivity contribution in [3.63, 3.8) is 0 Å². The minimum Gasteiger partial charge on any atom is -0.376 e. The molecule has 1 aromatic heterocycles. The number of carbonyl (C=O) groups excluding carboxylic acids is 1. The van der Waals surface area contributed by atoms with E-state index in [4.69, 9.17) is 10.5 Å². The van der Waals surface area contributed by atoms with Crippen molar-refractivity contribution in [3.8, 4) is 0 Å². The van der Waals surface area contributed by atoms with Crippen LogP contribution in [-0.4, -0.2) is 35.7 Å². The van der Waals surface area contributed by atoms with Gasteiger partial charge in [-0.2, -0.15) is 0 Å². The summed E-state index contributed by atoms with van der Waals surface area (Å²) in [6.07, 6.45) is 4.58. The number of ether oxygens (including phenoxy) is 1. The molecular formula is C13H19N3O2. The molecule has 0 saturated heterocycles. The van der Waals surface area contributed by atoms with Gasteiger partial charge in [-0.3, -0.25) is 9.78 Å². The Labute approximate surface area is 107 Å². The highest BCUT2D eigenvalue weighted by molar-refractivity contribution is 5.79. The first kappa shape index (κ1) is 13.0. The maximum atomic E-state index is 11.9. The number of carbonyl (C=O) groups is 1. The number of nitrogens with zero attached hydrogens (tertiary/aromatic N) is 1. The van der Waals surface area contributed by atoms with Crippen LogP contribution in [0.15, 0.2) is 24.5 Å². The van der Waals surface area contributed by atoms with Gasteiger partial charge >= 0.3 is 0 Å². The third-order valence-corrected chi connectivity index (χ3v) is 3.16. The molecule has 3 N–H and O–H groups in total. The van der Waals surface area contributed by atoms with Crippen LogP contribution in [0.25, 0.3) is 0 Å². The second-order valence-corrected chi connectivity index (χ2v) is 4.52. The molecule has 1 fully saturated rings. The van der Waals surface area contributed by atoms with Crippen LogP contribution in [0, 0.1) is 0 Å². The molecule has 1 amide bonds. The third kappa shape index (κ3) is 3.05. The van der Waals surface area contributed by atoms with Gasteiger partial charge in [0.25, 0.3) is 0 Å². The van der Waals surface area contributed by atoms with Gasteiger partial charge in [0.15, 0.2) is 0 Å². The Bertz CT molecular complexity index is 394. The Morgan fingerprint density at radius 3 is 3.11 bits per heavy atom. The first-order valence-corrected chi connectivity index (χ1v) is 6.26. The van der Waals surface area contributed by atoms with Crippen LogP contribution in [-0.2, 0) is 16.0 Å². The lowest BCUT2D eigenvalue weighted by atomic mass is 9.83. The molecule has 98 valence electrons. The Morgan fingerprint density at radius 1 is 1.67 bits per heavy atom. The van der Waals surface area contributed by atoms with E-state index in [1.165, 1.54) is 0 Å². The van der Waals surface area contributed by atoms with Gasteiger partial charge in [0.2, 0.25) is 5.91 Å². The maximum absolute atomic E-state index is 11.9. The van der Waals surface area contributed by atoms with Gasteiger partial charge in [-0.15, -0.1) is 0 Å². The average Bonchev–Trinajstić information content (AvgIpc) is 2.37. The summed E-state index contributed by atoms with van der Waals surface area (Å²) in [6.45, 7) is 2.59. The van der Waals surface area contributed by atoms with Crippen molar-refractivity contribution in [2.45, 2.75) is 38.0 Å². The van der Waals surface area contributed by atoms with Crippen LogP contribution in [0.4, 0.5) is 0 Å². The topological polar surface area (TPSA) is 77.2 Å². The van der Waals surface area contributed by atoms with Crippen LogP contribution >= 0.6 is 0 Å². The average molecular weight is 249 g/mol. The lowest BCUT2D eigenvalue weighted by Gasteiger charge is -2.42. The molecule has 1 heterocycles. The Kier molecular flexibility index (Phi) is 4.28. The van der Waals surface area contributed by atoms with E-state index in [9.17, 15) is 4.79 Å². The number of nitrogens with one attached hydrogen (secondary N) is 1. The standard InChI is InChI=1S/C13H19N3O2/c1-2-18-11-7-10(14)13(11)16-12(17)6-9-4-3-5-15-8-9/h3-5,8,10-11,13H,2,6-7,14H2,1H3,(H,16,17). The highest BCUT2D eigenvalue weighted by atomic mass is 16.5. The molecule has 3 unspecified atom stereocenters. The molecule has 0 spiro atoms. The van der Waals surface area contributed by atoms with Crippen LogP contribution in [0.2, 0.25) is 0 Å². The molecule has 3 atom stereocenters. The Morgan fingerprint density at radius 2 is 2.50 bits per heavy atom. The summed E-state index contributed by atoms with van der Waals surface area (Å²) in [6, 6.07) is 3.64. The predicted octanol–water partition coefficient (Wildman–Crippen LogP) is 0.245. The van der Waals surface area contributed by atoms with Crippen molar-refractivity contribution in [3.05, 3.63) is 30.1 Å². The van der Waals surface area contributed by atoms with Gasteiger partial charge < -0.3 is 15.8 Å². The lowest BCUT2D eigenvalue weighted by Crippen LogP contribution is -2.64. The molecule has 2 rings (SSSR count). The number of hydrogen-bond donors (Lipinski definition) is 2. The number of nitrogens with two attached hydrogens (primary N) is 1. The molecular weight excluding hydrogens is 230 g/mol. The Hall–Kier alpha value is -1.46. The zero-order chi connectivity index (χ0) is 13.0. The quantitative estimate of drug-likeness (QED) is 0.784. The summed E-state index contributed by atoms with van der Waals surface area (Å²) in [5.41, 5.74) is 6.78. The SMILES string of the molecule is CCOC1CC(N)C1NC(=O)Cc1cccnc1. The van der Waals surface area contributed by atoms with E-state index in [1.807, 2.05) is 19.1 Å². The van der Waals surface area contributed by atoms with Crippen molar-refractivity contribution in [2.75, 3.05) is 6.61 Å². The van der Waals surface area contributed by atoms with Gasteiger partial charge in [0.1, 0.15) is 0 Å². The fraction of sp³-hybridized carbons (Fsp3) is 0.538. The number of hydrogen-bond acceptors (Lipinski definition) is 4. The first-order chi connectivity index (χ1) is 8.70. The van der Waals surface area contributed by atoms with Crippen molar-refractivity contribution >= 4 is 5.91 Å². The van der Waals surface area contributed by atoms with Gasteiger partial charge in [-0.25, -0.2) is 0 Å². The molecule has 0 bridgehead atoms. The van der Waals surface area contributed by atoms with Crippen LogP contribution in [0.5, 0.6) is 0 Å². The summed E-state index contributed by atoms with van der Waals surface area (Å²) >= 11 is 0. The number of aromatic nitrogens is 1. The molecule has 18 heavy (non-hydrogen) atoms. The number of rotatable bonds is 5. The maximum Gasteiger partial charge on any atom is 0.224 e. The summed E-state index contributed by atoms with van der Waals surface area (Å²) in [5.74, 6) is -0.0344. The zero-order valence-electron chi connectivity index (χ0n) is 10.5. The highest BCUT2D eigenvalue weighted by Gasteiger charge is 2.40. The van der Waals surface area contributed by atoms with E-state index in [2.05, 4.69) is 10.3 Å². The van der Waals surface area contributed by atoms with Crippen molar-refractivity contribution in [2.24, 2.45) is 5.73 Å². The second-order valence-electron chi connectivity index (χ2n) is 4.52. The molecule has 1 aliphatic rings. The smallest absolute Gasteiger partial charge is 0.224 e. The molecule has 1 aromatic rings. The first-order valence-electron chi connectivity index (χ1n) is 6.26. The summed E-state index contributed by atoms with van der Waals surface area (Å²) in [5, 5.41) is 2.93. The normalized spacial score (nSPS) is 26.4. The third-order valence-electron chi connectivity index (χ3n) is 3.16. The molecule has 0 aliphatic heterocycles. The molecule has 1 aliphatic carbocycles. The summed E-state index contributed by atoms with van der Waals surface area (Å²) in [4.78, 5) is 15.8. The van der Waals surface area contributed by atoms with Gasteiger partial charge in [0, 0.05) is 25.0 Å². The highest BCUT2D eigenvalue weighted by Crippen LogP contribution is 2.22. The van der Waals surface area contributed by atoms with Crippen molar-refractivity contribution in [1.82, 2.24) is 10.3 Å². The predicted molar refractivity (Wildman–Crippen MR) is 67.9 cm³/mol. The molecule has 5 nitrogen and oxygen atoms in total. The minimum absolute atomic E-state index is 0.000557. The summed E-state index contributed by atoms with van der Waals surface area (Å²) < 4.78 is 5.50. The molecule has 1 saturated carbocycles. The molecule has 0 radical (unpaired) electrons. The zero-order valence-corrected chi connectivity index (χ0v) is 10.5. The minimum atomic E-state index is -0.0610. The van der Waals surface area contributed by atoms with E-state index in [0.717, 1.165) is 12.0 Å². The van der Waals surface area contributed by atoms with Crippen LogP contribution < -0.4 is 11.1 Å². The molecule has 5 heteroatoms. The van der Waals surface area contributed by atoms with E-state index in [0.29, 0.717) is 13.0 Å². The fourth-order valence-electron chi connectivity index (χ4n) is 2.15. The van der Waals surface area contributed by atoms with Gasteiger partial charge in [-0.1, -0.05) is 6.07 Å². The van der Waals surface area contributed by atoms with Crippen LogP contribution in [0.1, 0.15) is 18.9 Å². The van der Waals surface area contributed by atoms with Gasteiger partial charge in [-0.05, 0) is 25.0 Å². The number of amides is 1. The van der Waals surface area contributed by atoms with E-state index in [1.54, 1.807) is 12.4 Å². The Balaban J connectivity index is 1.84.